The van der Waals surface area contributed by atoms with Gasteiger partial charge in [-0.2, -0.15) is 0 Å². The molecular formula is C12H12N2O. The van der Waals surface area contributed by atoms with Gasteiger partial charge in [0, 0.05) is 17.8 Å². The standard InChI is InChI=1S/C12H12N2O/c15-9-2-4-10-8(5-9)1-3-11(10)12-6-13-7-14-12/h2,4-7,11,15H,1,3H2,(H,13,14). The third-order valence-electron chi connectivity index (χ3n) is 3.10. The molecule has 1 aliphatic rings. The Hall–Kier alpha value is -1.77. The number of phenolic OH excluding ortho intramolecular Hbond substituents is 1. The first-order valence-corrected chi connectivity index (χ1v) is 5.14. The Morgan fingerprint density at radius 3 is 3.13 bits per heavy atom. The van der Waals surface area contributed by atoms with E-state index in [0.29, 0.717) is 11.7 Å². The Morgan fingerprint density at radius 1 is 1.40 bits per heavy atom. The Morgan fingerprint density at radius 2 is 2.33 bits per heavy atom. The number of rotatable bonds is 1. The van der Waals surface area contributed by atoms with Crippen molar-refractivity contribution >= 4 is 0 Å². The minimum atomic E-state index is 0.360. The predicted molar refractivity (Wildman–Crippen MR) is 56.9 cm³/mol. The number of fused-ring (bicyclic) bond motifs is 1. The largest absolute Gasteiger partial charge is 0.508 e. The lowest BCUT2D eigenvalue weighted by atomic mass is 9.98. The molecule has 1 aromatic heterocycles. The fourth-order valence-electron chi connectivity index (χ4n) is 2.38. The highest BCUT2D eigenvalue weighted by Gasteiger charge is 2.24. The lowest BCUT2D eigenvalue weighted by molar-refractivity contribution is 0.474. The summed E-state index contributed by atoms with van der Waals surface area (Å²) < 4.78 is 0. The smallest absolute Gasteiger partial charge is 0.115 e. The van der Waals surface area contributed by atoms with E-state index in [1.807, 2.05) is 18.3 Å². The van der Waals surface area contributed by atoms with Crippen molar-refractivity contribution in [3.05, 3.63) is 47.5 Å². The van der Waals surface area contributed by atoms with E-state index in [1.54, 1.807) is 12.4 Å². The van der Waals surface area contributed by atoms with Crippen LogP contribution >= 0.6 is 0 Å². The lowest BCUT2D eigenvalue weighted by Gasteiger charge is -2.08. The van der Waals surface area contributed by atoms with Gasteiger partial charge in [0.05, 0.1) is 6.33 Å². The summed E-state index contributed by atoms with van der Waals surface area (Å²) >= 11 is 0. The molecule has 2 N–H and O–H groups in total. The molecule has 1 aliphatic carbocycles. The average molecular weight is 200 g/mol. The molecule has 0 fully saturated rings. The second kappa shape index (κ2) is 3.12. The van der Waals surface area contributed by atoms with Crippen LogP contribution in [0.25, 0.3) is 0 Å². The van der Waals surface area contributed by atoms with Gasteiger partial charge in [0.25, 0.3) is 0 Å². The summed E-state index contributed by atoms with van der Waals surface area (Å²) in [5.74, 6) is 0.780. The van der Waals surface area contributed by atoms with Crippen LogP contribution in [0.3, 0.4) is 0 Å². The molecule has 1 aromatic carbocycles. The van der Waals surface area contributed by atoms with Crippen LogP contribution in [0.4, 0.5) is 0 Å². The highest BCUT2D eigenvalue weighted by Crippen LogP contribution is 2.38. The molecule has 76 valence electrons. The van der Waals surface area contributed by atoms with Crippen molar-refractivity contribution in [1.82, 2.24) is 9.97 Å². The molecule has 2 aromatic rings. The van der Waals surface area contributed by atoms with Crippen LogP contribution in [0, 0.1) is 0 Å². The lowest BCUT2D eigenvalue weighted by Crippen LogP contribution is -1.95. The molecule has 0 radical (unpaired) electrons. The van der Waals surface area contributed by atoms with Crippen LogP contribution in [0.1, 0.15) is 29.2 Å². The van der Waals surface area contributed by atoms with Crippen molar-refractivity contribution in [2.45, 2.75) is 18.8 Å². The van der Waals surface area contributed by atoms with Gasteiger partial charge in [-0.3, -0.25) is 0 Å². The van der Waals surface area contributed by atoms with Crippen LogP contribution in [-0.2, 0) is 6.42 Å². The number of benzene rings is 1. The minimum absolute atomic E-state index is 0.360. The van der Waals surface area contributed by atoms with E-state index in [4.69, 9.17) is 0 Å². The number of hydrogen-bond acceptors (Lipinski definition) is 2. The second-order valence-corrected chi connectivity index (χ2v) is 3.98. The van der Waals surface area contributed by atoms with Gasteiger partial charge in [-0.05, 0) is 36.1 Å². The maximum Gasteiger partial charge on any atom is 0.115 e. The van der Waals surface area contributed by atoms with Gasteiger partial charge in [-0.25, -0.2) is 4.98 Å². The van der Waals surface area contributed by atoms with E-state index in [-0.39, 0.29) is 0 Å². The van der Waals surface area contributed by atoms with Gasteiger partial charge in [0.1, 0.15) is 5.75 Å². The molecule has 0 amide bonds. The first kappa shape index (κ1) is 8.53. The van der Waals surface area contributed by atoms with E-state index in [0.717, 1.165) is 12.8 Å². The number of imidazole rings is 1. The van der Waals surface area contributed by atoms with Crippen molar-refractivity contribution in [3.63, 3.8) is 0 Å². The topological polar surface area (TPSA) is 48.9 Å². The molecule has 1 unspecified atom stereocenters. The Labute approximate surface area is 87.8 Å². The number of aromatic nitrogens is 2. The molecule has 0 bridgehead atoms. The first-order chi connectivity index (χ1) is 7.34. The number of nitrogens with one attached hydrogen (secondary N) is 1. The summed E-state index contributed by atoms with van der Waals surface area (Å²) in [6.07, 6.45) is 5.73. The van der Waals surface area contributed by atoms with E-state index in [9.17, 15) is 5.11 Å². The highest BCUT2D eigenvalue weighted by atomic mass is 16.3. The molecule has 0 saturated heterocycles. The van der Waals surface area contributed by atoms with E-state index < -0.39 is 0 Å². The van der Waals surface area contributed by atoms with Crippen LogP contribution in [0.15, 0.2) is 30.7 Å². The third-order valence-corrected chi connectivity index (χ3v) is 3.10. The van der Waals surface area contributed by atoms with Crippen LogP contribution in [0.2, 0.25) is 0 Å². The number of aromatic amines is 1. The summed E-state index contributed by atoms with van der Waals surface area (Å²) in [5, 5.41) is 9.39. The molecule has 15 heavy (non-hydrogen) atoms. The van der Waals surface area contributed by atoms with Gasteiger partial charge >= 0.3 is 0 Å². The number of aromatic hydroxyl groups is 1. The summed E-state index contributed by atoms with van der Waals surface area (Å²) in [7, 11) is 0. The van der Waals surface area contributed by atoms with Crippen molar-refractivity contribution < 1.29 is 5.11 Å². The quantitative estimate of drug-likeness (QED) is 0.741. The Bertz CT molecular complexity index is 476. The van der Waals surface area contributed by atoms with Gasteiger partial charge in [-0.1, -0.05) is 6.07 Å². The predicted octanol–water partition coefficient (Wildman–Crippen LogP) is 2.19. The van der Waals surface area contributed by atoms with Crippen molar-refractivity contribution in [1.29, 1.82) is 0 Å². The monoisotopic (exact) mass is 200 g/mol. The van der Waals surface area contributed by atoms with Crippen molar-refractivity contribution in [2.75, 3.05) is 0 Å². The summed E-state index contributed by atoms with van der Waals surface area (Å²) in [4.78, 5) is 7.21. The van der Waals surface area contributed by atoms with E-state index >= 15 is 0 Å². The maximum atomic E-state index is 9.39. The molecule has 3 heteroatoms. The molecule has 3 nitrogen and oxygen atoms in total. The molecule has 1 atom stereocenters. The zero-order chi connectivity index (χ0) is 10.3. The van der Waals surface area contributed by atoms with Gasteiger partial charge in [0.2, 0.25) is 0 Å². The summed E-state index contributed by atoms with van der Waals surface area (Å²) in [6.45, 7) is 0. The molecule has 3 rings (SSSR count). The summed E-state index contributed by atoms with van der Waals surface area (Å²) in [6, 6.07) is 5.64. The zero-order valence-corrected chi connectivity index (χ0v) is 8.27. The van der Waals surface area contributed by atoms with Gasteiger partial charge < -0.3 is 10.1 Å². The molecule has 0 saturated carbocycles. The molecular weight excluding hydrogens is 188 g/mol. The van der Waals surface area contributed by atoms with Crippen LogP contribution < -0.4 is 0 Å². The number of hydrogen-bond donors (Lipinski definition) is 2. The normalized spacial score (nSPS) is 19.1. The molecule has 1 heterocycles. The summed E-state index contributed by atoms with van der Waals surface area (Å²) in [5.41, 5.74) is 3.74. The van der Waals surface area contributed by atoms with Gasteiger partial charge in [0.15, 0.2) is 0 Å². The Balaban J connectivity index is 2.05. The minimum Gasteiger partial charge on any atom is -0.508 e. The third kappa shape index (κ3) is 1.31. The maximum absolute atomic E-state index is 9.39. The zero-order valence-electron chi connectivity index (χ0n) is 8.27. The second-order valence-electron chi connectivity index (χ2n) is 3.98. The first-order valence-electron chi connectivity index (χ1n) is 5.14. The van der Waals surface area contributed by atoms with Crippen LogP contribution in [-0.4, -0.2) is 15.1 Å². The number of nitrogens with zero attached hydrogens (tertiary/aromatic N) is 1. The molecule has 0 spiro atoms. The van der Waals surface area contributed by atoms with Gasteiger partial charge in [-0.15, -0.1) is 0 Å². The van der Waals surface area contributed by atoms with E-state index in [1.165, 1.54) is 16.8 Å². The fourth-order valence-corrected chi connectivity index (χ4v) is 2.38. The fraction of sp³-hybridized carbons (Fsp3) is 0.250. The molecule has 0 aliphatic heterocycles. The number of aryl methyl sites for hydroxylation is 1. The van der Waals surface area contributed by atoms with Crippen LogP contribution in [0.5, 0.6) is 5.75 Å². The number of H-pyrrole nitrogens is 1. The number of phenols is 1. The Kier molecular flexibility index (Phi) is 1.78. The van der Waals surface area contributed by atoms with Crippen molar-refractivity contribution in [2.24, 2.45) is 0 Å². The van der Waals surface area contributed by atoms with E-state index in [2.05, 4.69) is 9.97 Å². The van der Waals surface area contributed by atoms with Crippen molar-refractivity contribution in [3.8, 4) is 5.75 Å². The average Bonchev–Trinajstić information content (AvgIpc) is 2.82. The highest BCUT2D eigenvalue weighted by molar-refractivity contribution is 5.43. The SMILES string of the molecule is Oc1ccc2c(c1)CCC2c1cnc[nH]1.